The molecule has 1 aliphatic rings. The Balaban J connectivity index is 1.73. The molecule has 2 heterocycles. The summed E-state index contributed by atoms with van der Waals surface area (Å²) in [6.45, 7) is 0. The molecule has 0 spiro atoms. The molecule has 0 atom stereocenters. The summed E-state index contributed by atoms with van der Waals surface area (Å²) >= 11 is 6.08. The van der Waals surface area contributed by atoms with Crippen LogP contribution in [0.1, 0.15) is 37.3 Å². The van der Waals surface area contributed by atoms with Gasteiger partial charge in [0.1, 0.15) is 5.69 Å². The van der Waals surface area contributed by atoms with E-state index in [2.05, 4.69) is 41.2 Å². The van der Waals surface area contributed by atoms with Crippen molar-refractivity contribution in [1.29, 1.82) is 0 Å². The highest BCUT2D eigenvalue weighted by Gasteiger charge is 2.28. The number of benzene rings is 1. The smallest absolute Gasteiger partial charge is 0.100 e. The zero-order chi connectivity index (χ0) is 18.8. The average Bonchev–Trinajstić information content (AvgIpc) is 3.14. The first-order valence-corrected chi connectivity index (χ1v) is 9.92. The molecule has 1 aliphatic carbocycles. The molecular formula is C22H25ClN4. The van der Waals surface area contributed by atoms with E-state index in [1.54, 1.807) is 0 Å². The maximum atomic E-state index is 6.08. The van der Waals surface area contributed by atoms with Gasteiger partial charge >= 0.3 is 0 Å². The van der Waals surface area contributed by atoms with Gasteiger partial charge in [-0.2, -0.15) is 5.10 Å². The van der Waals surface area contributed by atoms with Crippen molar-refractivity contribution < 1.29 is 0 Å². The number of rotatable bonds is 4. The monoisotopic (exact) mass is 380 g/mol. The number of hydrogen-bond donors (Lipinski definition) is 1. The highest BCUT2D eigenvalue weighted by Crippen LogP contribution is 2.42. The van der Waals surface area contributed by atoms with Gasteiger partial charge in [0, 0.05) is 46.2 Å². The summed E-state index contributed by atoms with van der Waals surface area (Å²) in [5, 5.41) is 8.84. The van der Waals surface area contributed by atoms with Crippen LogP contribution in [0, 0.1) is 0 Å². The standard InChI is InChI=1S/C22H25ClN4/c1-27(2)19-9-5-17(6-10-19)22-20(15-11-13-24-14-12-15)21(25-26-22)16-3-7-18(23)8-4-16/h3-4,7-8,11-14,17,19H,5-6,9-10H2,1-2H3,(H,25,26)/t17-,19-. The van der Waals surface area contributed by atoms with E-state index in [0.717, 1.165) is 21.8 Å². The van der Waals surface area contributed by atoms with E-state index in [4.69, 9.17) is 16.7 Å². The van der Waals surface area contributed by atoms with E-state index in [9.17, 15) is 0 Å². The Hall–Kier alpha value is -2.17. The molecule has 0 radical (unpaired) electrons. The van der Waals surface area contributed by atoms with Crippen molar-refractivity contribution in [3.05, 3.63) is 59.5 Å². The number of aromatic nitrogens is 3. The van der Waals surface area contributed by atoms with Crippen LogP contribution >= 0.6 is 11.6 Å². The second kappa shape index (κ2) is 7.83. The SMILES string of the molecule is CN(C)[C@H]1CC[C@H](c2[nH]nc(-c3ccc(Cl)cc3)c2-c2ccncc2)CC1. The van der Waals surface area contributed by atoms with Gasteiger partial charge in [0.2, 0.25) is 0 Å². The number of hydrogen-bond acceptors (Lipinski definition) is 3. The van der Waals surface area contributed by atoms with Crippen molar-refractivity contribution in [1.82, 2.24) is 20.1 Å². The topological polar surface area (TPSA) is 44.8 Å². The van der Waals surface area contributed by atoms with Gasteiger partial charge in [0.25, 0.3) is 0 Å². The van der Waals surface area contributed by atoms with Gasteiger partial charge in [0.15, 0.2) is 0 Å². The van der Waals surface area contributed by atoms with E-state index in [-0.39, 0.29) is 0 Å². The van der Waals surface area contributed by atoms with Crippen LogP contribution in [-0.4, -0.2) is 40.2 Å². The number of nitrogens with zero attached hydrogens (tertiary/aromatic N) is 3. The summed E-state index contributed by atoms with van der Waals surface area (Å²) in [4.78, 5) is 6.54. The Labute approximate surface area is 165 Å². The molecule has 1 saturated carbocycles. The minimum Gasteiger partial charge on any atom is -0.306 e. The summed E-state index contributed by atoms with van der Waals surface area (Å²) in [5.74, 6) is 0.512. The Bertz CT molecular complexity index is 878. The van der Waals surface area contributed by atoms with E-state index in [1.165, 1.54) is 36.9 Å². The van der Waals surface area contributed by atoms with Gasteiger partial charge in [-0.3, -0.25) is 10.1 Å². The molecule has 4 rings (SSSR count). The minimum atomic E-state index is 0.512. The van der Waals surface area contributed by atoms with Gasteiger partial charge in [-0.1, -0.05) is 23.7 Å². The van der Waals surface area contributed by atoms with Crippen molar-refractivity contribution in [2.24, 2.45) is 0 Å². The quantitative estimate of drug-likeness (QED) is 0.660. The highest BCUT2D eigenvalue weighted by atomic mass is 35.5. The zero-order valence-corrected chi connectivity index (χ0v) is 16.6. The largest absolute Gasteiger partial charge is 0.306 e. The average molecular weight is 381 g/mol. The first-order chi connectivity index (χ1) is 13.1. The van der Waals surface area contributed by atoms with Crippen molar-refractivity contribution in [2.75, 3.05) is 14.1 Å². The third-order valence-electron chi connectivity index (χ3n) is 5.72. The fourth-order valence-corrected chi connectivity index (χ4v) is 4.29. The van der Waals surface area contributed by atoms with E-state index in [0.29, 0.717) is 12.0 Å². The molecule has 27 heavy (non-hydrogen) atoms. The lowest BCUT2D eigenvalue weighted by Gasteiger charge is -2.32. The number of aromatic amines is 1. The molecule has 0 aliphatic heterocycles. The Morgan fingerprint density at radius 1 is 0.926 bits per heavy atom. The lowest BCUT2D eigenvalue weighted by atomic mass is 9.81. The van der Waals surface area contributed by atoms with E-state index in [1.807, 2.05) is 36.7 Å². The molecule has 3 aromatic rings. The lowest BCUT2D eigenvalue weighted by Crippen LogP contribution is -2.31. The number of H-pyrrole nitrogens is 1. The van der Waals surface area contributed by atoms with Crippen LogP contribution in [0.25, 0.3) is 22.4 Å². The van der Waals surface area contributed by atoms with Crippen LogP contribution in [0.3, 0.4) is 0 Å². The van der Waals surface area contributed by atoms with Crippen molar-refractivity contribution in [3.8, 4) is 22.4 Å². The molecular weight excluding hydrogens is 356 g/mol. The predicted octanol–water partition coefficient (Wildman–Crippen LogP) is 5.38. The molecule has 1 fully saturated rings. The summed E-state index contributed by atoms with van der Waals surface area (Å²) in [6.07, 6.45) is 8.51. The van der Waals surface area contributed by atoms with Crippen molar-refractivity contribution in [3.63, 3.8) is 0 Å². The van der Waals surface area contributed by atoms with Crippen LogP contribution in [0.15, 0.2) is 48.8 Å². The van der Waals surface area contributed by atoms with Gasteiger partial charge in [-0.25, -0.2) is 0 Å². The number of halogens is 1. The molecule has 1 aromatic carbocycles. The maximum Gasteiger partial charge on any atom is 0.100 e. The Kier molecular flexibility index (Phi) is 5.28. The van der Waals surface area contributed by atoms with Gasteiger partial charge in [0.05, 0.1) is 0 Å². The van der Waals surface area contributed by atoms with E-state index < -0.39 is 0 Å². The zero-order valence-electron chi connectivity index (χ0n) is 15.8. The molecule has 1 N–H and O–H groups in total. The second-order valence-corrected chi connectivity index (χ2v) is 8.01. The normalized spacial score (nSPS) is 20.1. The Morgan fingerprint density at radius 2 is 1.59 bits per heavy atom. The summed E-state index contributed by atoms with van der Waals surface area (Å²) < 4.78 is 0. The van der Waals surface area contributed by atoms with Gasteiger partial charge in [-0.05, 0) is 69.6 Å². The van der Waals surface area contributed by atoms with Gasteiger partial charge < -0.3 is 4.90 Å². The first-order valence-electron chi connectivity index (χ1n) is 9.54. The summed E-state index contributed by atoms with van der Waals surface area (Å²) in [7, 11) is 4.37. The molecule has 0 unspecified atom stereocenters. The maximum absolute atomic E-state index is 6.08. The Morgan fingerprint density at radius 3 is 2.22 bits per heavy atom. The van der Waals surface area contributed by atoms with Crippen molar-refractivity contribution in [2.45, 2.75) is 37.6 Å². The van der Waals surface area contributed by atoms with Crippen LogP contribution in [0.4, 0.5) is 0 Å². The third kappa shape index (κ3) is 3.78. The third-order valence-corrected chi connectivity index (χ3v) is 5.97. The van der Waals surface area contributed by atoms with Crippen molar-refractivity contribution >= 4 is 11.6 Å². The van der Waals surface area contributed by atoms with Crippen LogP contribution in [-0.2, 0) is 0 Å². The molecule has 4 nitrogen and oxygen atoms in total. The highest BCUT2D eigenvalue weighted by molar-refractivity contribution is 6.30. The fourth-order valence-electron chi connectivity index (χ4n) is 4.16. The summed E-state index contributed by atoms with van der Waals surface area (Å²) in [6, 6.07) is 12.7. The first kappa shape index (κ1) is 18.2. The van der Waals surface area contributed by atoms with Crippen LogP contribution < -0.4 is 0 Å². The predicted molar refractivity (Wildman–Crippen MR) is 111 cm³/mol. The molecule has 0 bridgehead atoms. The number of nitrogens with one attached hydrogen (secondary N) is 1. The molecule has 0 amide bonds. The second-order valence-electron chi connectivity index (χ2n) is 7.57. The fraction of sp³-hybridized carbons (Fsp3) is 0.364. The molecule has 140 valence electrons. The summed E-state index contributed by atoms with van der Waals surface area (Å²) in [5.41, 5.74) is 5.68. The van der Waals surface area contributed by atoms with Crippen LogP contribution in [0.2, 0.25) is 5.02 Å². The molecule has 2 aromatic heterocycles. The van der Waals surface area contributed by atoms with Gasteiger partial charge in [-0.15, -0.1) is 0 Å². The minimum absolute atomic E-state index is 0.512. The van der Waals surface area contributed by atoms with Crippen LogP contribution in [0.5, 0.6) is 0 Å². The molecule has 0 saturated heterocycles. The van der Waals surface area contributed by atoms with E-state index >= 15 is 0 Å². The number of pyridine rings is 1. The molecule has 5 heteroatoms. The lowest BCUT2D eigenvalue weighted by molar-refractivity contribution is 0.215.